The predicted octanol–water partition coefficient (Wildman–Crippen LogP) is 1.08. The molecule has 0 aliphatic heterocycles. The van der Waals surface area contributed by atoms with Gasteiger partial charge in [0.15, 0.2) is 5.78 Å². The predicted molar refractivity (Wildman–Crippen MR) is 95.2 cm³/mol. The van der Waals surface area contributed by atoms with Crippen LogP contribution in [0.25, 0.3) is 0 Å². The molecule has 0 bridgehead atoms. The molecule has 0 saturated heterocycles. The first kappa shape index (κ1) is 21.9. The highest BCUT2D eigenvalue weighted by molar-refractivity contribution is 8.00. The Morgan fingerprint density at radius 2 is 1.48 bits per heavy atom. The monoisotopic (exact) mass is 345 g/mol. The van der Waals surface area contributed by atoms with Crippen LogP contribution in [-0.2, 0) is 14.4 Å². The average Bonchev–Trinajstić information content (AvgIpc) is 2.40. The Labute approximate surface area is 143 Å². The molecular formula is C16H31N3O3S. The van der Waals surface area contributed by atoms with Crippen molar-refractivity contribution in [1.29, 1.82) is 0 Å². The van der Waals surface area contributed by atoms with Crippen LogP contribution in [0.4, 0.5) is 0 Å². The Hall–Kier alpha value is -1.08. The lowest BCUT2D eigenvalue weighted by Gasteiger charge is -2.20. The van der Waals surface area contributed by atoms with Crippen LogP contribution in [0.15, 0.2) is 0 Å². The van der Waals surface area contributed by atoms with Crippen molar-refractivity contribution in [2.45, 2.75) is 71.3 Å². The van der Waals surface area contributed by atoms with Crippen molar-refractivity contribution in [2.75, 3.05) is 5.75 Å². The first-order valence-electron chi connectivity index (χ1n) is 8.05. The van der Waals surface area contributed by atoms with Gasteiger partial charge in [0.1, 0.15) is 0 Å². The highest BCUT2D eigenvalue weighted by Crippen LogP contribution is 2.17. The van der Waals surface area contributed by atoms with E-state index >= 15 is 0 Å². The number of ketones is 1. The maximum Gasteiger partial charge on any atom is 0.233 e. The van der Waals surface area contributed by atoms with E-state index in [-0.39, 0.29) is 42.0 Å². The average molecular weight is 346 g/mol. The van der Waals surface area contributed by atoms with E-state index in [0.29, 0.717) is 5.75 Å². The van der Waals surface area contributed by atoms with Gasteiger partial charge in [0.05, 0.1) is 11.3 Å². The molecule has 2 atom stereocenters. The lowest BCUT2D eigenvalue weighted by atomic mass is 10.0. The van der Waals surface area contributed by atoms with Crippen LogP contribution in [0, 0.1) is 5.92 Å². The summed E-state index contributed by atoms with van der Waals surface area (Å²) in [5.74, 6) is -0.236. The quantitative estimate of drug-likeness (QED) is 0.550. The number of carbonyl (C=O) groups is 3. The number of amides is 2. The highest BCUT2D eigenvalue weighted by atomic mass is 32.2. The van der Waals surface area contributed by atoms with Crippen LogP contribution in [-0.4, -0.2) is 46.7 Å². The molecule has 0 aliphatic rings. The lowest BCUT2D eigenvalue weighted by Crippen LogP contribution is -2.42. The number of thioether (sulfide) groups is 1. The smallest absolute Gasteiger partial charge is 0.233 e. The van der Waals surface area contributed by atoms with Crippen LogP contribution in [0.5, 0.6) is 0 Å². The maximum absolute atomic E-state index is 12.3. The summed E-state index contributed by atoms with van der Waals surface area (Å²) in [7, 11) is 0. The number of Topliss-reactive ketones (excluding diaryl/α,β-unsaturated/α-hetero) is 1. The minimum atomic E-state index is -0.623. The molecule has 23 heavy (non-hydrogen) atoms. The number of nitrogens with one attached hydrogen (secondary N) is 2. The Kier molecular flexibility index (Phi) is 10.1. The molecule has 0 aromatic heterocycles. The first-order chi connectivity index (χ1) is 10.5. The van der Waals surface area contributed by atoms with E-state index in [1.165, 1.54) is 11.8 Å². The van der Waals surface area contributed by atoms with E-state index in [2.05, 4.69) is 10.6 Å². The molecule has 134 valence electrons. The Morgan fingerprint density at radius 1 is 0.957 bits per heavy atom. The van der Waals surface area contributed by atoms with Gasteiger partial charge < -0.3 is 16.4 Å². The van der Waals surface area contributed by atoms with Crippen molar-refractivity contribution in [2.24, 2.45) is 11.7 Å². The minimum absolute atomic E-state index is 0.00951. The Balaban J connectivity index is 4.75. The van der Waals surface area contributed by atoms with Gasteiger partial charge in [-0.15, -0.1) is 11.8 Å². The molecule has 0 fully saturated rings. The van der Waals surface area contributed by atoms with Gasteiger partial charge in [-0.25, -0.2) is 0 Å². The molecule has 0 rings (SSSR count). The highest BCUT2D eigenvalue weighted by Gasteiger charge is 2.26. The molecule has 0 aliphatic carbocycles. The summed E-state index contributed by atoms with van der Waals surface area (Å²) < 4.78 is 0. The third kappa shape index (κ3) is 9.61. The summed E-state index contributed by atoms with van der Waals surface area (Å²) in [4.78, 5) is 36.0. The van der Waals surface area contributed by atoms with Gasteiger partial charge in [-0.3, -0.25) is 14.4 Å². The van der Waals surface area contributed by atoms with Crippen LogP contribution in [0.1, 0.15) is 48.0 Å². The van der Waals surface area contributed by atoms with Crippen LogP contribution in [0.2, 0.25) is 0 Å². The molecule has 0 spiro atoms. The van der Waals surface area contributed by atoms with E-state index in [1.54, 1.807) is 13.8 Å². The minimum Gasteiger partial charge on any atom is -0.354 e. The number of hydrogen-bond donors (Lipinski definition) is 3. The van der Waals surface area contributed by atoms with Crippen molar-refractivity contribution in [3.05, 3.63) is 0 Å². The molecule has 7 heteroatoms. The van der Waals surface area contributed by atoms with Gasteiger partial charge in [-0.2, -0.15) is 0 Å². The summed E-state index contributed by atoms with van der Waals surface area (Å²) in [6.07, 6.45) is 0.0734. The molecule has 0 aromatic carbocycles. The lowest BCUT2D eigenvalue weighted by molar-refractivity contribution is -0.126. The normalized spacial score (nSPS) is 14.0. The Morgan fingerprint density at radius 3 is 1.91 bits per heavy atom. The maximum atomic E-state index is 12.3. The van der Waals surface area contributed by atoms with Crippen LogP contribution < -0.4 is 16.4 Å². The summed E-state index contributed by atoms with van der Waals surface area (Å²) in [6.45, 7) is 11.1. The molecule has 6 nitrogen and oxygen atoms in total. The molecule has 0 aromatic rings. The van der Waals surface area contributed by atoms with Gasteiger partial charge in [0, 0.05) is 30.2 Å². The molecule has 1 unspecified atom stereocenters. The van der Waals surface area contributed by atoms with Gasteiger partial charge in [-0.05, 0) is 27.7 Å². The van der Waals surface area contributed by atoms with Crippen LogP contribution in [0.3, 0.4) is 0 Å². The number of rotatable bonds is 10. The van der Waals surface area contributed by atoms with E-state index in [9.17, 15) is 14.4 Å². The Bertz CT molecular complexity index is 411. The van der Waals surface area contributed by atoms with Crippen molar-refractivity contribution in [3.63, 3.8) is 0 Å². The van der Waals surface area contributed by atoms with Gasteiger partial charge >= 0.3 is 0 Å². The van der Waals surface area contributed by atoms with Crippen LogP contribution >= 0.6 is 11.8 Å². The van der Waals surface area contributed by atoms with Crippen molar-refractivity contribution < 1.29 is 14.4 Å². The number of nitrogens with two attached hydrogens (primary N) is 1. The summed E-state index contributed by atoms with van der Waals surface area (Å²) in [6, 6.07) is -0.613. The first-order valence-corrected chi connectivity index (χ1v) is 9.10. The third-order valence-corrected chi connectivity index (χ3v) is 4.29. The zero-order valence-electron chi connectivity index (χ0n) is 15.0. The second-order valence-electron chi connectivity index (χ2n) is 6.58. The number of hydrogen-bond acceptors (Lipinski definition) is 5. The number of carbonyl (C=O) groups excluding carboxylic acids is 3. The fourth-order valence-electron chi connectivity index (χ4n) is 1.88. The fourth-order valence-corrected chi connectivity index (χ4v) is 2.98. The van der Waals surface area contributed by atoms with E-state index in [0.717, 1.165) is 0 Å². The van der Waals surface area contributed by atoms with Crippen molar-refractivity contribution >= 4 is 29.4 Å². The fraction of sp³-hybridized carbons (Fsp3) is 0.812. The second kappa shape index (κ2) is 10.6. The zero-order chi connectivity index (χ0) is 18.2. The van der Waals surface area contributed by atoms with E-state index < -0.39 is 11.3 Å². The van der Waals surface area contributed by atoms with Crippen molar-refractivity contribution in [1.82, 2.24) is 10.6 Å². The standard InChI is InChI=1S/C16H31N3O3S/c1-9(2)15(21)12(17)8-23-13(16(22)19-11(5)6)7-14(20)18-10(3)4/h9-13H,7-8,17H2,1-6H3,(H,18,20)(H,19,22)/t12-,13?/m1/s1. The SMILES string of the molecule is CC(C)NC(=O)CC(SC[C@@H](N)C(=O)C(C)C)C(=O)NC(C)C. The topological polar surface area (TPSA) is 101 Å². The largest absolute Gasteiger partial charge is 0.354 e. The molecule has 0 heterocycles. The summed E-state index contributed by atoms with van der Waals surface area (Å²) >= 11 is 1.26. The molecule has 0 saturated carbocycles. The van der Waals surface area contributed by atoms with Gasteiger partial charge in [0.2, 0.25) is 11.8 Å². The zero-order valence-corrected chi connectivity index (χ0v) is 15.8. The van der Waals surface area contributed by atoms with E-state index in [4.69, 9.17) is 5.73 Å². The van der Waals surface area contributed by atoms with Gasteiger partial charge in [0.25, 0.3) is 0 Å². The van der Waals surface area contributed by atoms with Gasteiger partial charge in [-0.1, -0.05) is 13.8 Å². The van der Waals surface area contributed by atoms with Crippen molar-refractivity contribution in [3.8, 4) is 0 Å². The summed E-state index contributed by atoms with van der Waals surface area (Å²) in [5, 5.41) is 5.04. The third-order valence-electron chi connectivity index (χ3n) is 2.96. The molecule has 2 amide bonds. The van der Waals surface area contributed by atoms with E-state index in [1.807, 2.05) is 27.7 Å². The second-order valence-corrected chi connectivity index (χ2v) is 7.81. The molecule has 0 radical (unpaired) electrons. The summed E-state index contributed by atoms with van der Waals surface area (Å²) in [5.41, 5.74) is 5.88. The molecule has 4 N–H and O–H groups in total. The molecular weight excluding hydrogens is 314 g/mol.